The fourth-order valence-electron chi connectivity index (χ4n) is 0.492. The van der Waals surface area contributed by atoms with Crippen LogP contribution in [0.2, 0.25) is 0 Å². The Hall–Kier alpha value is -0.860. The lowest BCUT2D eigenvalue weighted by Gasteiger charge is -1.77. The van der Waals surface area contributed by atoms with Crippen molar-refractivity contribution in [2.45, 2.75) is 13.8 Å². The van der Waals surface area contributed by atoms with Gasteiger partial charge in [0.05, 0.1) is 0 Å². The van der Waals surface area contributed by atoms with E-state index in [1.807, 2.05) is 20.3 Å². The third-order valence-corrected chi connectivity index (χ3v) is 0.888. The molecule has 0 aliphatic heterocycles. The minimum atomic E-state index is 0.790. The van der Waals surface area contributed by atoms with Gasteiger partial charge in [0.15, 0.2) is 0 Å². The van der Waals surface area contributed by atoms with Gasteiger partial charge in [-0.3, -0.25) is 5.10 Å². The molecule has 1 aromatic heterocycles. The molecule has 0 atom stereocenters. The number of hydrogen-bond acceptors (Lipinski definition) is 2. The van der Waals surface area contributed by atoms with Crippen LogP contribution in [0.15, 0.2) is 0 Å². The molecule has 1 N–H and O–H groups in total. The number of nitrogens with one attached hydrogen (secondary N) is 1. The minimum Gasteiger partial charge on any atom is -0.263 e. The molecular formula is C5H8N3. The van der Waals surface area contributed by atoms with E-state index < -0.39 is 0 Å². The number of nitrogens with zero attached hydrogens (tertiary/aromatic N) is 2. The average Bonchev–Trinajstić information content (AvgIpc) is 2.14. The van der Waals surface area contributed by atoms with E-state index in [9.17, 15) is 0 Å². The highest BCUT2D eigenvalue weighted by molar-refractivity contribution is 4.97. The van der Waals surface area contributed by atoms with Crippen molar-refractivity contribution >= 4 is 0 Å². The lowest BCUT2D eigenvalue weighted by molar-refractivity contribution is 1.02. The topological polar surface area (TPSA) is 41.6 Å². The van der Waals surface area contributed by atoms with Crippen molar-refractivity contribution in [2.75, 3.05) is 0 Å². The predicted molar refractivity (Wildman–Crippen MR) is 30.2 cm³/mol. The first-order valence-corrected chi connectivity index (χ1v) is 2.51. The van der Waals surface area contributed by atoms with Crippen LogP contribution in [-0.2, 0) is 0 Å². The van der Waals surface area contributed by atoms with E-state index >= 15 is 0 Å². The lowest BCUT2D eigenvalue weighted by atomic mass is 10.5. The molecule has 0 aromatic carbocycles. The van der Waals surface area contributed by atoms with Gasteiger partial charge in [-0.05, 0) is 6.92 Å². The van der Waals surface area contributed by atoms with E-state index in [2.05, 4.69) is 15.2 Å². The van der Waals surface area contributed by atoms with Gasteiger partial charge in [0, 0.05) is 6.42 Å². The second kappa shape index (κ2) is 1.94. The molecule has 0 spiro atoms. The molecule has 3 heteroatoms. The first-order valence-electron chi connectivity index (χ1n) is 2.51. The Morgan fingerprint density at radius 1 is 1.62 bits per heavy atom. The van der Waals surface area contributed by atoms with Crippen molar-refractivity contribution in [1.29, 1.82) is 0 Å². The monoisotopic (exact) mass is 110 g/mol. The van der Waals surface area contributed by atoms with Gasteiger partial charge in [-0.25, -0.2) is 4.98 Å². The summed E-state index contributed by atoms with van der Waals surface area (Å²) < 4.78 is 0. The Bertz CT molecular complexity index is 168. The van der Waals surface area contributed by atoms with E-state index in [0.717, 1.165) is 11.6 Å². The van der Waals surface area contributed by atoms with Gasteiger partial charge in [-0.15, -0.1) is 0 Å². The van der Waals surface area contributed by atoms with Crippen LogP contribution in [0.4, 0.5) is 0 Å². The molecule has 0 aliphatic rings. The van der Waals surface area contributed by atoms with Crippen LogP contribution in [0, 0.1) is 13.3 Å². The van der Waals surface area contributed by atoms with Gasteiger partial charge in [0.2, 0.25) is 0 Å². The van der Waals surface area contributed by atoms with Gasteiger partial charge in [-0.2, -0.15) is 5.10 Å². The zero-order valence-corrected chi connectivity index (χ0v) is 4.97. The van der Waals surface area contributed by atoms with Crippen molar-refractivity contribution in [1.82, 2.24) is 15.2 Å². The zero-order chi connectivity index (χ0) is 5.98. The summed E-state index contributed by atoms with van der Waals surface area (Å²) in [6, 6.07) is 0. The molecule has 0 bridgehead atoms. The Labute approximate surface area is 48.1 Å². The van der Waals surface area contributed by atoms with Crippen LogP contribution in [-0.4, -0.2) is 15.2 Å². The van der Waals surface area contributed by atoms with Crippen molar-refractivity contribution in [2.24, 2.45) is 0 Å². The van der Waals surface area contributed by atoms with Crippen LogP contribution in [0.1, 0.15) is 18.6 Å². The largest absolute Gasteiger partial charge is 0.263 e. The van der Waals surface area contributed by atoms with Crippen LogP contribution in [0.5, 0.6) is 0 Å². The van der Waals surface area contributed by atoms with Crippen molar-refractivity contribution in [3.63, 3.8) is 0 Å². The fourth-order valence-corrected chi connectivity index (χ4v) is 0.492. The lowest BCUT2D eigenvalue weighted by Crippen LogP contribution is -1.77. The smallest absolute Gasteiger partial charge is 0.147 e. The number of hydrogen-bond donors (Lipinski definition) is 1. The molecular weight excluding hydrogens is 102 g/mol. The van der Waals surface area contributed by atoms with E-state index in [4.69, 9.17) is 0 Å². The Morgan fingerprint density at radius 3 is 2.62 bits per heavy atom. The fraction of sp³-hybridized carbons (Fsp3) is 0.400. The van der Waals surface area contributed by atoms with Crippen molar-refractivity contribution < 1.29 is 0 Å². The van der Waals surface area contributed by atoms with Gasteiger partial charge >= 0.3 is 0 Å². The highest BCUT2D eigenvalue weighted by Gasteiger charge is 1.91. The maximum Gasteiger partial charge on any atom is 0.147 e. The summed E-state index contributed by atoms with van der Waals surface area (Å²) in [7, 11) is 0. The van der Waals surface area contributed by atoms with E-state index in [1.165, 1.54) is 0 Å². The first-order chi connectivity index (χ1) is 3.83. The molecule has 1 radical (unpaired) electrons. The summed E-state index contributed by atoms with van der Waals surface area (Å²) in [6.07, 6.45) is 1.88. The number of aromatic nitrogens is 3. The Morgan fingerprint density at radius 2 is 2.38 bits per heavy atom. The van der Waals surface area contributed by atoms with E-state index in [0.29, 0.717) is 0 Å². The highest BCUT2D eigenvalue weighted by atomic mass is 15.2. The second-order valence-electron chi connectivity index (χ2n) is 1.56. The third kappa shape index (κ3) is 0.857. The molecule has 43 valence electrons. The maximum absolute atomic E-state index is 4.01. The molecule has 0 saturated heterocycles. The summed E-state index contributed by atoms with van der Waals surface area (Å²) in [5.74, 6) is 1.63. The molecule has 0 unspecified atom stereocenters. The molecule has 0 saturated carbocycles. The van der Waals surface area contributed by atoms with E-state index in [1.54, 1.807) is 0 Å². The quantitative estimate of drug-likeness (QED) is 0.577. The summed E-state index contributed by atoms with van der Waals surface area (Å²) in [5, 5.41) is 6.56. The molecule has 0 amide bonds. The second-order valence-corrected chi connectivity index (χ2v) is 1.56. The minimum absolute atomic E-state index is 0.790. The van der Waals surface area contributed by atoms with Crippen molar-refractivity contribution in [3.05, 3.63) is 18.1 Å². The number of rotatable bonds is 1. The number of aromatic amines is 1. The van der Waals surface area contributed by atoms with Crippen LogP contribution in [0.25, 0.3) is 0 Å². The molecule has 1 heterocycles. The SMILES string of the molecule is C[CH]c1nc(C)n[nH]1. The molecule has 0 fully saturated rings. The summed E-state index contributed by atoms with van der Waals surface area (Å²) in [6.45, 7) is 3.77. The molecule has 3 nitrogen and oxygen atoms in total. The molecule has 1 aromatic rings. The zero-order valence-electron chi connectivity index (χ0n) is 4.97. The van der Waals surface area contributed by atoms with Gasteiger partial charge in [0.1, 0.15) is 11.6 Å². The first kappa shape index (κ1) is 5.28. The normalized spacial score (nSPS) is 9.75. The van der Waals surface area contributed by atoms with Crippen LogP contribution < -0.4 is 0 Å². The average molecular weight is 110 g/mol. The predicted octanol–water partition coefficient (Wildman–Crippen LogP) is 0.685. The maximum atomic E-state index is 4.01. The van der Waals surface area contributed by atoms with Crippen LogP contribution in [0.3, 0.4) is 0 Å². The molecule has 1 rings (SSSR count). The number of aryl methyl sites for hydroxylation is 1. The van der Waals surface area contributed by atoms with E-state index in [-0.39, 0.29) is 0 Å². The van der Waals surface area contributed by atoms with Crippen molar-refractivity contribution in [3.8, 4) is 0 Å². The van der Waals surface area contributed by atoms with Gasteiger partial charge in [-0.1, -0.05) is 6.92 Å². The Balaban J connectivity index is 2.84. The highest BCUT2D eigenvalue weighted by Crippen LogP contribution is 1.91. The molecule has 8 heavy (non-hydrogen) atoms. The number of H-pyrrole nitrogens is 1. The summed E-state index contributed by atoms with van der Waals surface area (Å²) in [4.78, 5) is 4.01. The van der Waals surface area contributed by atoms with Gasteiger partial charge in [0.25, 0.3) is 0 Å². The molecule has 0 aliphatic carbocycles. The standard InChI is InChI=1S/C5H8N3/c1-3-5-6-4(2)7-8-5/h3H,1-2H3,(H,6,7,8). The van der Waals surface area contributed by atoms with Gasteiger partial charge < -0.3 is 0 Å². The summed E-state index contributed by atoms with van der Waals surface area (Å²) in [5.41, 5.74) is 0. The third-order valence-electron chi connectivity index (χ3n) is 0.888. The Kier molecular flexibility index (Phi) is 1.28. The summed E-state index contributed by atoms with van der Waals surface area (Å²) >= 11 is 0. The van der Waals surface area contributed by atoms with Crippen LogP contribution >= 0.6 is 0 Å².